The Kier molecular flexibility index (Phi) is 7.95. The highest BCUT2D eigenvalue weighted by Crippen LogP contribution is 2.37. The molecule has 6 nitrogen and oxygen atoms in total. The topological polar surface area (TPSA) is 84.3 Å². The van der Waals surface area contributed by atoms with E-state index in [1.54, 1.807) is 11.3 Å². The number of carboxylic acids is 1. The average molecular weight is 480 g/mol. The lowest BCUT2D eigenvalue weighted by Gasteiger charge is -2.17. The summed E-state index contributed by atoms with van der Waals surface area (Å²) >= 11 is 1.71. The van der Waals surface area contributed by atoms with Crippen molar-refractivity contribution in [2.75, 3.05) is 13.2 Å². The molecule has 1 unspecified atom stereocenters. The van der Waals surface area contributed by atoms with Crippen LogP contribution in [-0.4, -0.2) is 34.2 Å². The summed E-state index contributed by atoms with van der Waals surface area (Å²) in [6.45, 7) is 7.79. The van der Waals surface area contributed by atoms with Gasteiger partial charge in [-0.2, -0.15) is 0 Å². The minimum Gasteiger partial charge on any atom is -0.494 e. The Morgan fingerprint density at radius 3 is 2.82 bits per heavy atom. The fourth-order valence-corrected chi connectivity index (χ4v) is 5.43. The van der Waals surface area contributed by atoms with Crippen molar-refractivity contribution in [3.63, 3.8) is 0 Å². The molecule has 1 aliphatic rings. The predicted molar refractivity (Wildman–Crippen MR) is 136 cm³/mol. The van der Waals surface area contributed by atoms with E-state index in [0.29, 0.717) is 6.61 Å². The Hall–Kier alpha value is -2.77. The van der Waals surface area contributed by atoms with Gasteiger partial charge in [-0.1, -0.05) is 13.0 Å². The number of thiazole rings is 1. The number of aromatic nitrogens is 2. The van der Waals surface area contributed by atoms with Gasteiger partial charge in [-0.25, -0.2) is 4.98 Å². The number of nitrogens with one attached hydrogen (secondary N) is 1. The number of aliphatic carboxylic acids is 1. The van der Waals surface area contributed by atoms with Crippen molar-refractivity contribution in [1.29, 1.82) is 0 Å². The summed E-state index contributed by atoms with van der Waals surface area (Å²) in [5, 5.41) is 13.7. The van der Waals surface area contributed by atoms with Gasteiger partial charge in [-0.3, -0.25) is 9.78 Å². The predicted octanol–water partition coefficient (Wildman–Crippen LogP) is 5.84. The number of benzene rings is 1. The third kappa shape index (κ3) is 5.83. The molecule has 0 radical (unpaired) electrons. The van der Waals surface area contributed by atoms with Crippen LogP contribution in [0, 0.1) is 13.8 Å². The van der Waals surface area contributed by atoms with Gasteiger partial charge in [0, 0.05) is 22.7 Å². The van der Waals surface area contributed by atoms with Crippen LogP contribution < -0.4 is 10.1 Å². The van der Waals surface area contributed by atoms with Gasteiger partial charge >= 0.3 is 5.97 Å². The van der Waals surface area contributed by atoms with E-state index in [-0.39, 0.29) is 18.4 Å². The Morgan fingerprint density at radius 2 is 2.15 bits per heavy atom. The highest BCUT2D eigenvalue weighted by atomic mass is 32.1. The molecule has 0 amide bonds. The molecule has 1 aromatic carbocycles. The van der Waals surface area contributed by atoms with Crippen LogP contribution in [-0.2, 0) is 11.2 Å². The van der Waals surface area contributed by atoms with Crippen LogP contribution in [0.1, 0.15) is 72.0 Å². The number of hydrogen-bond acceptors (Lipinski definition) is 6. The van der Waals surface area contributed by atoms with Crippen molar-refractivity contribution in [1.82, 2.24) is 15.3 Å². The molecular formula is C27H33N3O3S. The Balaban J connectivity index is 1.24. The highest BCUT2D eigenvalue weighted by Gasteiger charge is 2.24. The molecule has 0 saturated carbocycles. The molecule has 2 N–H and O–H groups in total. The fraction of sp³-hybridized carbons (Fsp3) is 0.444. The zero-order chi connectivity index (χ0) is 24.1. The van der Waals surface area contributed by atoms with Crippen molar-refractivity contribution in [2.24, 2.45) is 0 Å². The second kappa shape index (κ2) is 11.1. The molecule has 1 aliphatic carbocycles. The van der Waals surface area contributed by atoms with Gasteiger partial charge in [0.25, 0.3) is 0 Å². The number of pyridine rings is 1. The maximum absolute atomic E-state index is 11.0. The first-order valence-electron chi connectivity index (χ1n) is 12.1. The number of carbonyl (C=O) groups is 1. The fourth-order valence-electron chi connectivity index (χ4n) is 4.53. The molecule has 180 valence electrons. The second-order valence-corrected chi connectivity index (χ2v) is 10.1. The maximum Gasteiger partial charge on any atom is 0.303 e. The first-order valence-corrected chi connectivity index (χ1v) is 12.9. The standard InChI is InChI=1S/C27H33N3O3S/c1-4-24(25-11-8-21(16-29-25)27-30-17(2)18(3)34-27)28-12-5-13-33-22-9-10-23-19(14-22)6-7-20(23)15-26(31)32/h8-11,14,16,20,24,28H,4-7,12-13,15H2,1-3H3,(H,31,32)/t20-,24?/m0/s1. The van der Waals surface area contributed by atoms with Crippen molar-refractivity contribution >= 4 is 17.3 Å². The zero-order valence-electron chi connectivity index (χ0n) is 20.1. The van der Waals surface area contributed by atoms with E-state index < -0.39 is 5.97 Å². The number of carboxylic acid groups (broad SMARTS) is 1. The number of nitrogens with zero attached hydrogens (tertiary/aromatic N) is 2. The summed E-state index contributed by atoms with van der Waals surface area (Å²) in [6, 6.07) is 10.5. The largest absolute Gasteiger partial charge is 0.494 e. The van der Waals surface area contributed by atoms with E-state index in [1.807, 2.05) is 25.3 Å². The van der Waals surface area contributed by atoms with Gasteiger partial charge in [0.1, 0.15) is 10.8 Å². The summed E-state index contributed by atoms with van der Waals surface area (Å²) < 4.78 is 5.97. The van der Waals surface area contributed by atoms with E-state index in [9.17, 15) is 4.79 Å². The minimum atomic E-state index is -0.730. The van der Waals surface area contributed by atoms with Crippen LogP contribution in [0.25, 0.3) is 10.6 Å². The molecule has 0 saturated heterocycles. The van der Waals surface area contributed by atoms with Gasteiger partial charge in [0.15, 0.2) is 0 Å². The molecule has 34 heavy (non-hydrogen) atoms. The number of hydrogen-bond donors (Lipinski definition) is 2. The minimum absolute atomic E-state index is 0.134. The monoisotopic (exact) mass is 479 g/mol. The number of fused-ring (bicyclic) bond motifs is 1. The molecule has 2 atom stereocenters. The van der Waals surface area contributed by atoms with Crippen molar-refractivity contribution < 1.29 is 14.6 Å². The summed E-state index contributed by atoms with van der Waals surface area (Å²) in [7, 11) is 0. The summed E-state index contributed by atoms with van der Waals surface area (Å²) in [5.74, 6) is 0.271. The SMILES string of the molecule is CCC(NCCCOc1ccc2c(c1)CC[C@H]2CC(=O)O)c1ccc(-c2nc(C)c(C)s2)cn1. The van der Waals surface area contributed by atoms with Gasteiger partial charge < -0.3 is 15.2 Å². The van der Waals surface area contributed by atoms with Gasteiger partial charge in [0.2, 0.25) is 0 Å². The molecule has 3 aromatic rings. The third-order valence-corrected chi connectivity index (χ3v) is 7.67. The van der Waals surface area contributed by atoms with Crippen molar-refractivity contribution in [3.8, 4) is 16.3 Å². The van der Waals surface area contributed by atoms with Crippen molar-refractivity contribution in [2.45, 2.75) is 64.8 Å². The van der Waals surface area contributed by atoms with Crippen LogP contribution in [0.15, 0.2) is 36.5 Å². The Bertz CT molecular complexity index is 1110. The number of ether oxygens (including phenoxy) is 1. The highest BCUT2D eigenvalue weighted by molar-refractivity contribution is 7.15. The van der Waals surface area contributed by atoms with Gasteiger partial charge in [-0.15, -0.1) is 11.3 Å². The lowest BCUT2D eigenvalue weighted by molar-refractivity contribution is -0.137. The van der Waals surface area contributed by atoms with Crippen LogP contribution in [0.5, 0.6) is 5.75 Å². The number of aryl methyl sites for hydroxylation is 3. The Morgan fingerprint density at radius 1 is 1.29 bits per heavy atom. The Labute approximate surface area is 205 Å². The summed E-state index contributed by atoms with van der Waals surface area (Å²) in [6.07, 6.45) is 5.83. The van der Waals surface area contributed by atoms with Crippen LogP contribution in [0.2, 0.25) is 0 Å². The van der Waals surface area contributed by atoms with E-state index in [4.69, 9.17) is 14.8 Å². The molecule has 4 rings (SSSR count). The molecule has 0 aliphatic heterocycles. The summed E-state index contributed by atoms with van der Waals surface area (Å²) in [4.78, 5) is 21.6. The smallest absolute Gasteiger partial charge is 0.303 e. The van der Waals surface area contributed by atoms with Gasteiger partial charge in [0.05, 0.1) is 24.4 Å². The normalized spacial score (nSPS) is 15.8. The lowest BCUT2D eigenvalue weighted by Crippen LogP contribution is -2.24. The summed E-state index contributed by atoms with van der Waals surface area (Å²) in [5.41, 5.74) is 5.59. The lowest BCUT2D eigenvalue weighted by atomic mass is 9.98. The van der Waals surface area contributed by atoms with Gasteiger partial charge in [-0.05, 0) is 87.4 Å². The molecule has 2 aromatic heterocycles. The number of rotatable bonds is 11. The van der Waals surface area contributed by atoms with E-state index >= 15 is 0 Å². The molecular weight excluding hydrogens is 446 g/mol. The molecule has 2 heterocycles. The van der Waals surface area contributed by atoms with E-state index in [2.05, 4.69) is 42.3 Å². The molecule has 0 spiro atoms. The van der Waals surface area contributed by atoms with Crippen LogP contribution in [0.3, 0.4) is 0 Å². The molecule has 0 fully saturated rings. The van der Waals surface area contributed by atoms with E-state index in [0.717, 1.165) is 59.9 Å². The first-order chi connectivity index (χ1) is 16.4. The molecule has 7 heteroatoms. The zero-order valence-corrected chi connectivity index (χ0v) is 21.0. The second-order valence-electron chi connectivity index (χ2n) is 8.94. The maximum atomic E-state index is 11.0. The first kappa shape index (κ1) is 24.4. The average Bonchev–Trinajstić information content (AvgIpc) is 3.38. The van der Waals surface area contributed by atoms with Crippen LogP contribution in [0.4, 0.5) is 0 Å². The quantitative estimate of drug-likeness (QED) is 0.336. The van der Waals surface area contributed by atoms with Crippen LogP contribution >= 0.6 is 11.3 Å². The van der Waals surface area contributed by atoms with E-state index in [1.165, 1.54) is 16.0 Å². The van der Waals surface area contributed by atoms with Crippen molar-refractivity contribution in [3.05, 3.63) is 63.9 Å². The molecule has 0 bridgehead atoms. The third-order valence-electron chi connectivity index (χ3n) is 6.55.